The second kappa shape index (κ2) is 3.05. The lowest BCUT2D eigenvalue weighted by atomic mass is 9.87. The third-order valence-electron chi connectivity index (χ3n) is 2.31. The van der Waals surface area contributed by atoms with Crippen LogP contribution in [0.25, 0.3) is 6.08 Å². The Labute approximate surface area is 76.5 Å². The Bertz CT molecular complexity index is 378. The molecule has 13 heavy (non-hydrogen) atoms. The van der Waals surface area contributed by atoms with E-state index in [1.54, 1.807) is 6.08 Å². The molecule has 0 aliphatic heterocycles. The van der Waals surface area contributed by atoms with Crippen LogP contribution >= 0.6 is 0 Å². The molecule has 1 aromatic carbocycles. The molecule has 0 fully saturated rings. The molecule has 2 heteroatoms. The molecule has 0 bridgehead atoms. The summed E-state index contributed by atoms with van der Waals surface area (Å²) in [5.41, 5.74) is 3.72. The number of carboxylic acids is 1. The summed E-state index contributed by atoms with van der Waals surface area (Å²) in [6.45, 7) is 0. The van der Waals surface area contributed by atoms with Gasteiger partial charge >= 0.3 is 5.97 Å². The fraction of sp³-hybridized carbons (Fsp3) is 0.182. The van der Waals surface area contributed by atoms with Crippen molar-refractivity contribution >= 4 is 12.0 Å². The lowest BCUT2D eigenvalue weighted by Crippen LogP contribution is -2.07. The molecule has 2 rings (SSSR count). The Morgan fingerprint density at radius 2 is 2.08 bits per heavy atom. The van der Waals surface area contributed by atoms with Crippen molar-refractivity contribution in [2.24, 2.45) is 0 Å². The Morgan fingerprint density at radius 1 is 1.31 bits per heavy atom. The van der Waals surface area contributed by atoms with Crippen molar-refractivity contribution in [1.29, 1.82) is 0 Å². The highest BCUT2D eigenvalue weighted by molar-refractivity contribution is 5.85. The molecule has 0 saturated heterocycles. The highest BCUT2D eigenvalue weighted by Crippen LogP contribution is 2.23. The Morgan fingerprint density at radius 3 is 2.62 bits per heavy atom. The summed E-state index contributed by atoms with van der Waals surface area (Å²) in [5.74, 6) is -0.900. The highest BCUT2D eigenvalue weighted by Gasteiger charge is 2.11. The van der Waals surface area contributed by atoms with E-state index in [2.05, 4.69) is 12.1 Å². The number of aliphatic carboxylic acids is 1. The minimum atomic E-state index is -0.900. The second-order valence-corrected chi connectivity index (χ2v) is 3.20. The molecule has 0 unspecified atom stereocenters. The van der Waals surface area contributed by atoms with Gasteiger partial charge in [-0.05, 0) is 35.6 Å². The summed E-state index contributed by atoms with van der Waals surface area (Å²) >= 11 is 0. The van der Waals surface area contributed by atoms with Crippen LogP contribution in [0, 0.1) is 0 Å². The molecule has 0 saturated carbocycles. The molecular weight excluding hydrogens is 164 g/mol. The van der Waals surface area contributed by atoms with E-state index in [0.717, 1.165) is 18.4 Å². The van der Waals surface area contributed by atoms with Gasteiger partial charge in [-0.15, -0.1) is 0 Å². The highest BCUT2D eigenvalue weighted by atomic mass is 16.4. The molecule has 1 aliphatic rings. The van der Waals surface area contributed by atoms with Crippen LogP contribution in [0.4, 0.5) is 0 Å². The standard InChI is InChI=1S/C11H10O2/c12-11(13)6-2-8-1-3-9-4-5-10(9)7-8/h1-3,6-7H,4-5H2,(H,12,13)/b6-2+. The Balaban J connectivity index is 2.22. The summed E-state index contributed by atoms with van der Waals surface area (Å²) in [5, 5.41) is 8.43. The molecule has 1 aromatic rings. The van der Waals surface area contributed by atoms with Crippen LogP contribution in [-0.4, -0.2) is 11.1 Å². The molecule has 0 atom stereocenters. The summed E-state index contributed by atoms with van der Waals surface area (Å²) < 4.78 is 0. The first-order valence-corrected chi connectivity index (χ1v) is 4.28. The number of rotatable bonds is 2. The van der Waals surface area contributed by atoms with Gasteiger partial charge in [0.1, 0.15) is 0 Å². The number of hydrogen-bond acceptors (Lipinski definition) is 1. The first-order chi connectivity index (χ1) is 6.25. The zero-order valence-corrected chi connectivity index (χ0v) is 7.16. The fourth-order valence-corrected chi connectivity index (χ4v) is 1.49. The van der Waals surface area contributed by atoms with Crippen LogP contribution < -0.4 is 0 Å². The molecule has 0 heterocycles. The third-order valence-corrected chi connectivity index (χ3v) is 2.31. The van der Waals surface area contributed by atoms with Crippen molar-refractivity contribution in [3.05, 3.63) is 41.0 Å². The largest absolute Gasteiger partial charge is 0.478 e. The molecule has 1 aliphatic carbocycles. The van der Waals surface area contributed by atoms with Gasteiger partial charge in [-0.25, -0.2) is 4.79 Å². The van der Waals surface area contributed by atoms with Crippen molar-refractivity contribution in [2.75, 3.05) is 0 Å². The minimum absolute atomic E-state index is 0.900. The molecule has 0 radical (unpaired) electrons. The zero-order chi connectivity index (χ0) is 9.26. The predicted octanol–water partition coefficient (Wildman–Crippen LogP) is 1.88. The van der Waals surface area contributed by atoms with Crippen molar-refractivity contribution in [3.63, 3.8) is 0 Å². The van der Waals surface area contributed by atoms with Crippen molar-refractivity contribution < 1.29 is 9.90 Å². The smallest absolute Gasteiger partial charge is 0.328 e. The number of hydrogen-bond donors (Lipinski definition) is 1. The van der Waals surface area contributed by atoms with Gasteiger partial charge in [0.15, 0.2) is 0 Å². The average molecular weight is 174 g/mol. The Kier molecular flexibility index (Phi) is 1.89. The average Bonchev–Trinajstić information content (AvgIpc) is 2.05. The maximum atomic E-state index is 10.3. The quantitative estimate of drug-likeness (QED) is 0.695. The van der Waals surface area contributed by atoms with E-state index >= 15 is 0 Å². The van der Waals surface area contributed by atoms with E-state index in [1.165, 1.54) is 17.2 Å². The van der Waals surface area contributed by atoms with Crippen LogP contribution in [0.5, 0.6) is 0 Å². The van der Waals surface area contributed by atoms with Crippen LogP contribution in [0.15, 0.2) is 24.3 Å². The topological polar surface area (TPSA) is 37.3 Å². The van der Waals surface area contributed by atoms with Crippen LogP contribution in [-0.2, 0) is 17.6 Å². The summed E-state index contributed by atoms with van der Waals surface area (Å²) in [6, 6.07) is 6.08. The lowest BCUT2D eigenvalue weighted by molar-refractivity contribution is -0.131. The normalized spacial score (nSPS) is 13.8. The third kappa shape index (κ3) is 1.61. The monoisotopic (exact) mass is 174 g/mol. The first-order valence-electron chi connectivity index (χ1n) is 4.28. The predicted molar refractivity (Wildman–Crippen MR) is 50.5 cm³/mol. The lowest BCUT2D eigenvalue weighted by Gasteiger charge is -2.18. The SMILES string of the molecule is O=C(O)/C=C/c1ccc2c(c1)CC2. The van der Waals surface area contributed by atoms with E-state index < -0.39 is 5.97 Å². The minimum Gasteiger partial charge on any atom is -0.478 e. The molecule has 1 N–H and O–H groups in total. The summed E-state index contributed by atoms with van der Waals surface area (Å²) in [4.78, 5) is 10.3. The van der Waals surface area contributed by atoms with Gasteiger partial charge in [-0.3, -0.25) is 0 Å². The maximum Gasteiger partial charge on any atom is 0.328 e. The van der Waals surface area contributed by atoms with E-state index in [1.807, 2.05) is 6.07 Å². The summed E-state index contributed by atoms with van der Waals surface area (Å²) in [6.07, 6.45) is 5.09. The molecule has 0 aromatic heterocycles. The van der Waals surface area contributed by atoms with Gasteiger partial charge in [0.2, 0.25) is 0 Å². The van der Waals surface area contributed by atoms with Gasteiger partial charge in [0, 0.05) is 6.08 Å². The van der Waals surface area contributed by atoms with Crippen molar-refractivity contribution in [1.82, 2.24) is 0 Å². The second-order valence-electron chi connectivity index (χ2n) is 3.20. The Hall–Kier alpha value is -1.57. The zero-order valence-electron chi connectivity index (χ0n) is 7.16. The maximum absolute atomic E-state index is 10.3. The van der Waals surface area contributed by atoms with Gasteiger partial charge in [0.25, 0.3) is 0 Å². The molecule has 66 valence electrons. The van der Waals surface area contributed by atoms with Gasteiger partial charge in [-0.1, -0.05) is 18.2 Å². The number of carbonyl (C=O) groups is 1. The van der Waals surface area contributed by atoms with Crippen LogP contribution in [0.1, 0.15) is 16.7 Å². The fourth-order valence-electron chi connectivity index (χ4n) is 1.49. The summed E-state index contributed by atoms with van der Waals surface area (Å²) in [7, 11) is 0. The van der Waals surface area contributed by atoms with Gasteiger partial charge < -0.3 is 5.11 Å². The van der Waals surface area contributed by atoms with E-state index in [0.29, 0.717) is 0 Å². The first kappa shape index (κ1) is 8.05. The van der Waals surface area contributed by atoms with Crippen LogP contribution in [0.2, 0.25) is 0 Å². The van der Waals surface area contributed by atoms with Crippen LogP contribution in [0.3, 0.4) is 0 Å². The number of benzene rings is 1. The van der Waals surface area contributed by atoms with E-state index in [9.17, 15) is 4.79 Å². The molecular formula is C11H10O2. The number of carboxylic acid groups (broad SMARTS) is 1. The van der Waals surface area contributed by atoms with Crippen molar-refractivity contribution in [2.45, 2.75) is 12.8 Å². The van der Waals surface area contributed by atoms with E-state index in [4.69, 9.17) is 5.11 Å². The number of fused-ring (bicyclic) bond motifs is 1. The van der Waals surface area contributed by atoms with Gasteiger partial charge in [-0.2, -0.15) is 0 Å². The van der Waals surface area contributed by atoms with Gasteiger partial charge in [0.05, 0.1) is 0 Å². The number of aryl methyl sites for hydroxylation is 2. The molecule has 0 amide bonds. The molecule has 0 spiro atoms. The van der Waals surface area contributed by atoms with E-state index in [-0.39, 0.29) is 0 Å². The van der Waals surface area contributed by atoms with Crippen molar-refractivity contribution in [3.8, 4) is 0 Å². The molecule has 2 nitrogen and oxygen atoms in total.